The van der Waals surface area contributed by atoms with Crippen LogP contribution in [0.3, 0.4) is 0 Å². The van der Waals surface area contributed by atoms with Gasteiger partial charge in [-0.2, -0.15) is 0 Å². The summed E-state index contributed by atoms with van der Waals surface area (Å²) in [5.41, 5.74) is 0.761. The highest BCUT2D eigenvalue weighted by atomic mass is 79.9. The first-order chi connectivity index (χ1) is 8.61. The number of hydrogen-bond donors (Lipinski definition) is 1. The van der Waals surface area contributed by atoms with E-state index >= 15 is 0 Å². The van der Waals surface area contributed by atoms with E-state index in [0.29, 0.717) is 12.3 Å². The molecule has 1 fully saturated rings. The van der Waals surface area contributed by atoms with Gasteiger partial charge < -0.3 is 10.1 Å². The molecule has 0 bridgehead atoms. The van der Waals surface area contributed by atoms with Crippen LogP contribution in [0.15, 0.2) is 22.7 Å². The number of nitrogens with one attached hydrogen (secondary N) is 1. The van der Waals surface area contributed by atoms with Crippen LogP contribution in [0.25, 0.3) is 0 Å². The molecule has 0 spiro atoms. The lowest BCUT2D eigenvalue weighted by atomic mass is 9.89. The van der Waals surface area contributed by atoms with E-state index in [9.17, 15) is 4.39 Å². The maximum atomic E-state index is 13.8. The Kier molecular flexibility index (Phi) is 4.76. The first-order valence-electron chi connectivity index (χ1n) is 6.34. The second-order valence-corrected chi connectivity index (χ2v) is 5.78. The van der Waals surface area contributed by atoms with Crippen molar-refractivity contribution in [1.82, 2.24) is 5.32 Å². The Morgan fingerprint density at radius 2 is 2.33 bits per heavy atom. The average Bonchev–Trinajstić information content (AvgIpc) is 2.75. The van der Waals surface area contributed by atoms with E-state index in [4.69, 9.17) is 4.74 Å². The molecule has 2 rings (SSSR count). The summed E-state index contributed by atoms with van der Waals surface area (Å²) in [7, 11) is 1.94. The molecular formula is C14H19BrFNO. The quantitative estimate of drug-likeness (QED) is 0.921. The van der Waals surface area contributed by atoms with Crippen molar-refractivity contribution in [3.05, 3.63) is 34.1 Å². The van der Waals surface area contributed by atoms with Gasteiger partial charge in [0.1, 0.15) is 5.82 Å². The molecule has 1 heterocycles. The minimum absolute atomic E-state index is 0.142. The van der Waals surface area contributed by atoms with Crippen LogP contribution in [-0.2, 0) is 11.2 Å². The summed E-state index contributed by atoms with van der Waals surface area (Å²) in [5.74, 6) is 0.314. The van der Waals surface area contributed by atoms with E-state index in [0.717, 1.165) is 23.1 Å². The Hall–Kier alpha value is -0.450. The van der Waals surface area contributed by atoms with Gasteiger partial charge in [0.2, 0.25) is 0 Å². The third-order valence-corrected chi connectivity index (χ3v) is 4.27. The van der Waals surface area contributed by atoms with E-state index in [1.807, 2.05) is 19.2 Å². The average molecular weight is 316 g/mol. The van der Waals surface area contributed by atoms with Crippen LogP contribution >= 0.6 is 15.9 Å². The summed E-state index contributed by atoms with van der Waals surface area (Å²) >= 11 is 3.28. The highest BCUT2D eigenvalue weighted by Gasteiger charge is 2.31. The Morgan fingerprint density at radius 1 is 1.56 bits per heavy atom. The maximum Gasteiger partial charge on any atom is 0.127 e. The van der Waals surface area contributed by atoms with Crippen LogP contribution in [0.2, 0.25) is 0 Å². The fraction of sp³-hybridized carbons (Fsp3) is 0.571. The number of halogens is 2. The van der Waals surface area contributed by atoms with Crippen molar-refractivity contribution in [3.8, 4) is 0 Å². The topological polar surface area (TPSA) is 21.3 Å². The second-order valence-electron chi connectivity index (χ2n) is 4.86. The lowest BCUT2D eigenvalue weighted by Crippen LogP contribution is -2.39. The smallest absolute Gasteiger partial charge is 0.127 e. The zero-order valence-corrected chi connectivity index (χ0v) is 12.3. The Balaban J connectivity index is 2.10. The SMILES string of the molecule is CNC(Cc1ccc(Br)cc1F)C1CCOC1C. The third-order valence-electron chi connectivity index (χ3n) is 3.78. The van der Waals surface area contributed by atoms with Crippen LogP contribution < -0.4 is 5.32 Å². The van der Waals surface area contributed by atoms with E-state index < -0.39 is 0 Å². The molecule has 0 saturated carbocycles. The van der Waals surface area contributed by atoms with E-state index in [-0.39, 0.29) is 18.0 Å². The molecule has 3 atom stereocenters. The Labute approximate surface area is 116 Å². The lowest BCUT2D eigenvalue weighted by molar-refractivity contribution is 0.0962. The zero-order valence-electron chi connectivity index (χ0n) is 10.7. The maximum absolute atomic E-state index is 13.8. The third kappa shape index (κ3) is 3.11. The fourth-order valence-electron chi connectivity index (χ4n) is 2.67. The minimum atomic E-state index is -0.142. The van der Waals surface area contributed by atoms with Gasteiger partial charge in [-0.25, -0.2) is 4.39 Å². The number of hydrogen-bond acceptors (Lipinski definition) is 2. The molecule has 1 aromatic carbocycles. The highest BCUT2D eigenvalue weighted by Crippen LogP contribution is 2.27. The molecule has 1 aliphatic rings. The van der Waals surface area contributed by atoms with Gasteiger partial charge in [0.25, 0.3) is 0 Å². The molecule has 0 aliphatic carbocycles. The lowest BCUT2D eigenvalue weighted by Gasteiger charge is -2.25. The molecular weight excluding hydrogens is 297 g/mol. The van der Waals surface area contributed by atoms with Crippen molar-refractivity contribution in [3.63, 3.8) is 0 Å². The van der Waals surface area contributed by atoms with E-state index in [1.165, 1.54) is 6.07 Å². The number of benzene rings is 1. The zero-order chi connectivity index (χ0) is 13.1. The molecule has 0 amide bonds. The van der Waals surface area contributed by atoms with Crippen LogP contribution in [-0.4, -0.2) is 25.8 Å². The monoisotopic (exact) mass is 315 g/mol. The highest BCUT2D eigenvalue weighted by molar-refractivity contribution is 9.10. The van der Waals surface area contributed by atoms with Crippen molar-refractivity contribution in [1.29, 1.82) is 0 Å². The van der Waals surface area contributed by atoms with Crippen molar-refractivity contribution < 1.29 is 9.13 Å². The molecule has 0 aromatic heterocycles. The van der Waals surface area contributed by atoms with Crippen LogP contribution in [0, 0.1) is 11.7 Å². The summed E-state index contributed by atoms with van der Waals surface area (Å²) in [6.45, 7) is 2.91. The van der Waals surface area contributed by atoms with Crippen molar-refractivity contribution >= 4 is 15.9 Å². The molecule has 3 unspecified atom stereocenters. The first kappa shape index (κ1) is 14.0. The van der Waals surface area contributed by atoms with Crippen LogP contribution in [0.5, 0.6) is 0 Å². The van der Waals surface area contributed by atoms with Crippen LogP contribution in [0.1, 0.15) is 18.9 Å². The van der Waals surface area contributed by atoms with Crippen LogP contribution in [0.4, 0.5) is 4.39 Å². The predicted molar refractivity (Wildman–Crippen MR) is 74.2 cm³/mol. The molecule has 0 radical (unpaired) electrons. The molecule has 18 heavy (non-hydrogen) atoms. The number of ether oxygens (including phenoxy) is 1. The summed E-state index contributed by atoms with van der Waals surface area (Å²) in [5, 5.41) is 3.31. The van der Waals surface area contributed by atoms with E-state index in [2.05, 4.69) is 28.2 Å². The molecule has 100 valence electrons. The van der Waals surface area contributed by atoms with Gasteiger partial charge in [-0.15, -0.1) is 0 Å². The largest absolute Gasteiger partial charge is 0.378 e. The Morgan fingerprint density at radius 3 is 2.89 bits per heavy atom. The van der Waals surface area contributed by atoms with Gasteiger partial charge in [-0.1, -0.05) is 22.0 Å². The minimum Gasteiger partial charge on any atom is -0.378 e. The van der Waals surface area contributed by atoms with Gasteiger partial charge in [0.05, 0.1) is 6.10 Å². The molecule has 4 heteroatoms. The summed E-state index contributed by atoms with van der Waals surface area (Å²) < 4.78 is 20.2. The predicted octanol–water partition coefficient (Wildman–Crippen LogP) is 3.14. The summed E-state index contributed by atoms with van der Waals surface area (Å²) in [6.07, 6.45) is 2.00. The standard InChI is InChI=1S/C14H19BrFNO/c1-9-12(5-6-18-9)14(17-2)7-10-3-4-11(15)8-13(10)16/h3-4,8-9,12,14,17H,5-7H2,1-2H3. The van der Waals surface area contributed by atoms with Gasteiger partial charge in [0.15, 0.2) is 0 Å². The second kappa shape index (κ2) is 6.13. The van der Waals surface area contributed by atoms with Gasteiger partial charge in [-0.3, -0.25) is 0 Å². The summed E-state index contributed by atoms with van der Waals surface area (Å²) in [4.78, 5) is 0. The first-order valence-corrected chi connectivity index (χ1v) is 7.14. The van der Waals surface area contributed by atoms with Gasteiger partial charge in [0, 0.05) is 23.0 Å². The fourth-order valence-corrected chi connectivity index (χ4v) is 3.00. The normalized spacial score (nSPS) is 25.3. The molecule has 1 N–H and O–H groups in total. The summed E-state index contributed by atoms with van der Waals surface area (Å²) in [6, 6.07) is 5.53. The van der Waals surface area contributed by atoms with Crippen molar-refractivity contribution in [2.75, 3.05) is 13.7 Å². The van der Waals surface area contributed by atoms with Gasteiger partial charge in [-0.05, 0) is 44.5 Å². The molecule has 1 aromatic rings. The number of rotatable bonds is 4. The molecule has 1 saturated heterocycles. The van der Waals surface area contributed by atoms with Crippen molar-refractivity contribution in [2.24, 2.45) is 5.92 Å². The van der Waals surface area contributed by atoms with Crippen molar-refractivity contribution in [2.45, 2.75) is 31.9 Å². The van der Waals surface area contributed by atoms with Gasteiger partial charge >= 0.3 is 0 Å². The molecule has 2 nitrogen and oxygen atoms in total. The Bertz CT molecular complexity index is 413. The van der Waals surface area contributed by atoms with E-state index in [1.54, 1.807) is 0 Å². The molecule has 1 aliphatic heterocycles. The number of likely N-dealkylation sites (N-methyl/N-ethyl adjacent to an activating group) is 1.